The molecule has 1 aliphatic heterocycles. The van der Waals surface area contributed by atoms with Crippen molar-refractivity contribution in [3.63, 3.8) is 0 Å². The highest BCUT2D eigenvalue weighted by molar-refractivity contribution is 5.79. The lowest BCUT2D eigenvalue weighted by Gasteiger charge is -2.26. The van der Waals surface area contributed by atoms with Crippen LogP contribution >= 0.6 is 0 Å². The summed E-state index contributed by atoms with van der Waals surface area (Å²) < 4.78 is 7.29. The van der Waals surface area contributed by atoms with Gasteiger partial charge in [0.05, 0.1) is 13.1 Å². The Morgan fingerprint density at radius 2 is 2.14 bits per heavy atom. The third-order valence-corrected chi connectivity index (χ3v) is 5.12. The summed E-state index contributed by atoms with van der Waals surface area (Å²) in [5.74, 6) is 1.74. The van der Waals surface area contributed by atoms with Crippen molar-refractivity contribution in [3.05, 3.63) is 48.0 Å². The van der Waals surface area contributed by atoms with Crippen LogP contribution in [-0.4, -0.2) is 59.0 Å². The van der Waals surface area contributed by atoms with Gasteiger partial charge in [0.25, 0.3) is 0 Å². The maximum atomic E-state index is 5.46. The molecule has 2 heterocycles. The van der Waals surface area contributed by atoms with Crippen LogP contribution in [0.3, 0.4) is 0 Å². The summed E-state index contributed by atoms with van der Waals surface area (Å²) in [6.45, 7) is 7.20. The standard InChI is InChI=1S/C21H32N6O/c1-3-23-21(26(2)10-7-18-8-11-28-12-9-18)24-14-19-5-4-6-20(13-19)15-27-17-22-16-25-27/h4-6,13,16-18H,3,7-12,14-15H2,1-2H3,(H,23,24). The molecule has 0 amide bonds. The lowest BCUT2D eigenvalue weighted by Crippen LogP contribution is -2.40. The first kappa shape index (κ1) is 20.3. The fourth-order valence-electron chi connectivity index (χ4n) is 3.48. The van der Waals surface area contributed by atoms with Gasteiger partial charge < -0.3 is 15.0 Å². The molecule has 0 radical (unpaired) electrons. The van der Waals surface area contributed by atoms with Crippen LogP contribution < -0.4 is 5.32 Å². The molecule has 0 aliphatic carbocycles. The molecule has 7 heteroatoms. The van der Waals surface area contributed by atoms with Crippen molar-refractivity contribution in [1.29, 1.82) is 0 Å². The third kappa shape index (κ3) is 6.34. The molecular weight excluding hydrogens is 352 g/mol. The lowest BCUT2D eigenvalue weighted by molar-refractivity contribution is 0.0625. The van der Waals surface area contributed by atoms with Crippen LogP contribution in [0.25, 0.3) is 0 Å². The van der Waals surface area contributed by atoms with Crippen LogP contribution in [-0.2, 0) is 17.8 Å². The molecule has 1 N–H and O–H groups in total. The van der Waals surface area contributed by atoms with Crippen molar-refractivity contribution < 1.29 is 4.74 Å². The van der Waals surface area contributed by atoms with E-state index in [9.17, 15) is 0 Å². The van der Waals surface area contributed by atoms with Gasteiger partial charge in [-0.1, -0.05) is 24.3 Å². The first-order valence-electron chi connectivity index (χ1n) is 10.2. The Kier molecular flexibility index (Phi) is 7.84. The van der Waals surface area contributed by atoms with Gasteiger partial charge in [-0.05, 0) is 43.2 Å². The van der Waals surface area contributed by atoms with Crippen LogP contribution in [0.2, 0.25) is 0 Å². The Hall–Kier alpha value is -2.41. The van der Waals surface area contributed by atoms with Crippen molar-refractivity contribution in [1.82, 2.24) is 25.0 Å². The van der Waals surface area contributed by atoms with Gasteiger partial charge in [-0.25, -0.2) is 14.7 Å². The van der Waals surface area contributed by atoms with Gasteiger partial charge in [0.15, 0.2) is 5.96 Å². The number of guanidine groups is 1. The number of ether oxygens (including phenoxy) is 1. The minimum atomic E-state index is 0.662. The molecule has 1 aromatic carbocycles. The quantitative estimate of drug-likeness (QED) is 0.560. The van der Waals surface area contributed by atoms with Gasteiger partial charge in [0.2, 0.25) is 0 Å². The summed E-state index contributed by atoms with van der Waals surface area (Å²) in [6, 6.07) is 8.51. The first-order chi connectivity index (χ1) is 13.7. The molecule has 28 heavy (non-hydrogen) atoms. The van der Waals surface area contributed by atoms with Crippen LogP contribution in [0.5, 0.6) is 0 Å². The zero-order valence-corrected chi connectivity index (χ0v) is 17.0. The van der Waals surface area contributed by atoms with Crippen LogP contribution in [0, 0.1) is 5.92 Å². The van der Waals surface area contributed by atoms with E-state index in [2.05, 4.69) is 58.5 Å². The second-order valence-corrected chi connectivity index (χ2v) is 7.35. The van der Waals surface area contributed by atoms with Crippen LogP contribution in [0.15, 0.2) is 41.9 Å². The minimum Gasteiger partial charge on any atom is -0.381 e. The highest BCUT2D eigenvalue weighted by atomic mass is 16.5. The number of nitrogens with one attached hydrogen (secondary N) is 1. The fraction of sp³-hybridized carbons (Fsp3) is 0.571. The molecule has 0 spiro atoms. The smallest absolute Gasteiger partial charge is 0.193 e. The monoisotopic (exact) mass is 384 g/mol. The van der Waals surface area contributed by atoms with E-state index in [1.807, 2.05) is 4.68 Å². The van der Waals surface area contributed by atoms with Crippen molar-refractivity contribution >= 4 is 5.96 Å². The van der Waals surface area contributed by atoms with E-state index in [-0.39, 0.29) is 0 Å². The number of aromatic nitrogens is 3. The first-order valence-corrected chi connectivity index (χ1v) is 10.2. The van der Waals surface area contributed by atoms with E-state index in [4.69, 9.17) is 9.73 Å². The molecule has 0 unspecified atom stereocenters. The largest absolute Gasteiger partial charge is 0.381 e. The Balaban J connectivity index is 1.56. The van der Waals surface area contributed by atoms with Crippen molar-refractivity contribution in [2.45, 2.75) is 39.3 Å². The third-order valence-electron chi connectivity index (χ3n) is 5.12. The number of hydrogen-bond acceptors (Lipinski definition) is 4. The summed E-state index contributed by atoms with van der Waals surface area (Å²) in [6.07, 6.45) is 6.85. The SMILES string of the molecule is CCNC(=NCc1cccc(Cn2cncn2)c1)N(C)CCC1CCOCC1. The molecule has 3 rings (SSSR count). The second kappa shape index (κ2) is 10.8. The summed E-state index contributed by atoms with van der Waals surface area (Å²) in [5.41, 5.74) is 2.40. The number of rotatable bonds is 8. The molecule has 0 bridgehead atoms. The van der Waals surface area contributed by atoms with Crippen molar-refractivity contribution in [2.75, 3.05) is 33.4 Å². The zero-order valence-electron chi connectivity index (χ0n) is 17.0. The topological polar surface area (TPSA) is 67.6 Å². The molecule has 2 aromatic rings. The summed E-state index contributed by atoms with van der Waals surface area (Å²) in [5, 5.41) is 7.60. The highest BCUT2D eigenvalue weighted by Crippen LogP contribution is 2.18. The van der Waals surface area contributed by atoms with Crippen molar-refractivity contribution in [3.8, 4) is 0 Å². The normalized spacial score (nSPS) is 15.6. The molecule has 0 atom stereocenters. The van der Waals surface area contributed by atoms with E-state index in [1.54, 1.807) is 12.7 Å². The summed E-state index contributed by atoms with van der Waals surface area (Å²) >= 11 is 0. The molecule has 1 saturated heterocycles. The number of aliphatic imine (C=N–C) groups is 1. The summed E-state index contributed by atoms with van der Waals surface area (Å²) in [4.78, 5) is 11.1. The van der Waals surface area contributed by atoms with E-state index in [0.717, 1.165) is 44.7 Å². The van der Waals surface area contributed by atoms with Gasteiger partial charge in [0.1, 0.15) is 12.7 Å². The molecule has 1 aliphatic rings. The molecule has 7 nitrogen and oxygen atoms in total. The maximum Gasteiger partial charge on any atom is 0.193 e. The average Bonchev–Trinajstić information content (AvgIpc) is 3.23. The van der Waals surface area contributed by atoms with E-state index < -0.39 is 0 Å². The summed E-state index contributed by atoms with van der Waals surface area (Å²) in [7, 11) is 2.13. The highest BCUT2D eigenvalue weighted by Gasteiger charge is 2.15. The lowest BCUT2D eigenvalue weighted by atomic mass is 9.96. The molecular formula is C21H32N6O. The predicted octanol–water partition coefficient (Wildman–Crippen LogP) is 2.54. The Morgan fingerprint density at radius 3 is 2.89 bits per heavy atom. The molecule has 1 aromatic heterocycles. The fourth-order valence-corrected chi connectivity index (χ4v) is 3.48. The van der Waals surface area contributed by atoms with E-state index in [0.29, 0.717) is 6.54 Å². The predicted molar refractivity (Wildman–Crippen MR) is 111 cm³/mol. The zero-order chi connectivity index (χ0) is 19.6. The second-order valence-electron chi connectivity index (χ2n) is 7.35. The van der Waals surface area contributed by atoms with Gasteiger partial charge in [0, 0.05) is 33.4 Å². The minimum absolute atomic E-state index is 0.662. The number of benzene rings is 1. The molecule has 0 saturated carbocycles. The average molecular weight is 385 g/mol. The number of hydrogen-bond donors (Lipinski definition) is 1. The van der Waals surface area contributed by atoms with E-state index >= 15 is 0 Å². The van der Waals surface area contributed by atoms with Gasteiger partial charge >= 0.3 is 0 Å². The Labute approximate surface area is 167 Å². The Morgan fingerprint density at radius 1 is 1.32 bits per heavy atom. The maximum absolute atomic E-state index is 5.46. The number of nitrogens with zero attached hydrogens (tertiary/aromatic N) is 5. The molecule has 152 valence electrons. The molecule has 1 fully saturated rings. The van der Waals surface area contributed by atoms with E-state index in [1.165, 1.54) is 30.4 Å². The van der Waals surface area contributed by atoms with Crippen LogP contribution in [0.4, 0.5) is 0 Å². The van der Waals surface area contributed by atoms with Gasteiger partial charge in [-0.3, -0.25) is 0 Å². The Bertz CT molecular complexity index is 724. The van der Waals surface area contributed by atoms with Gasteiger partial charge in [-0.2, -0.15) is 5.10 Å². The van der Waals surface area contributed by atoms with Crippen LogP contribution in [0.1, 0.15) is 37.3 Å². The van der Waals surface area contributed by atoms with Crippen molar-refractivity contribution in [2.24, 2.45) is 10.9 Å². The van der Waals surface area contributed by atoms with Gasteiger partial charge in [-0.15, -0.1) is 0 Å².